The number of ketones is 1. The van der Waals surface area contributed by atoms with Gasteiger partial charge in [0, 0.05) is 48.6 Å². The first-order valence-electron chi connectivity index (χ1n) is 10.6. The first-order valence-corrected chi connectivity index (χ1v) is 11.2. The highest BCUT2D eigenvalue weighted by atomic mass is 32.1. The van der Waals surface area contributed by atoms with E-state index < -0.39 is 40.5 Å². The predicted molar refractivity (Wildman–Crippen MR) is 116 cm³/mol. The third-order valence-electron chi connectivity index (χ3n) is 7.49. The standard InChI is InChI=1S/C23H29NO6S/c1-22-7-6-14-17(13(22)4-5-15(22)25)19(26)20(27)18-12(10-24-8-9-31)21(28)30-16(11-29-3)23(14,18)2/h10,13,15-16,24-25,27,31H,4-5,7-9,11H2,1-3H3/b12-10-/t13?,15-,16+,22-,23-/m0/s1. The molecule has 4 aliphatic rings. The number of cyclic esters (lactones) is 1. The summed E-state index contributed by atoms with van der Waals surface area (Å²) >= 11 is 4.16. The van der Waals surface area contributed by atoms with Crippen LogP contribution in [0, 0.1) is 23.2 Å². The first-order chi connectivity index (χ1) is 14.7. The number of allylic oxidation sites excluding steroid dienone is 1. The average molecular weight is 448 g/mol. The van der Waals surface area contributed by atoms with Crippen LogP contribution in [-0.4, -0.2) is 60.2 Å². The number of carbonyl (C=O) groups excluding carboxylic acids is 2. The molecule has 1 saturated heterocycles. The summed E-state index contributed by atoms with van der Waals surface area (Å²) < 4.78 is 11.1. The molecule has 0 aromatic rings. The van der Waals surface area contributed by atoms with Crippen LogP contribution in [0.25, 0.3) is 0 Å². The van der Waals surface area contributed by atoms with Gasteiger partial charge >= 0.3 is 5.97 Å². The second-order valence-electron chi connectivity index (χ2n) is 9.13. The van der Waals surface area contributed by atoms with Crippen molar-refractivity contribution in [1.82, 2.24) is 5.32 Å². The van der Waals surface area contributed by atoms with Gasteiger partial charge in [-0.3, -0.25) is 4.79 Å². The summed E-state index contributed by atoms with van der Waals surface area (Å²) in [5, 5.41) is 24.7. The monoisotopic (exact) mass is 447 g/mol. The maximum absolute atomic E-state index is 13.5. The molecule has 2 radical (unpaired) electrons. The maximum Gasteiger partial charge on any atom is 0.340 e. The van der Waals surface area contributed by atoms with E-state index in [2.05, 4.69) is 24.4 Å². The Kier molecular flexibility index (Phi) is 5.77. The van der Waals surface area contributed by atoms with E-state index in [1.54, 1.807) is 0 Å². The molecule has 7 nitrogen and oxygen atoms in total. The number of Topliss-reactive ketones (excluding diaryl/α,β-unsaturated/α-hetero) is 1. The fourth-order valence-electron chi connectivity index (χ4n) is 5.69. The van der Waals surface area contributed by atoms with Crippen molar-refractivity contribution in [2.75, 3.05) is 26.0 Å². The van der Waals surface area contributed by atoms with Gasteiger partial charge in [0.2, 0.25) is 5.78 Å². The molecule has 1 heterocycles. The summed E-state index contributed by atoms with van der Waals surface area (Å²) in [4.78, 5) is 26.3. The van der Waals surface area contributed by atoms with Crippen LogP contribution in [0.1, 0.15) is 33.1 Å². The molecule has 4 rings (SSSR count). The summed E-state index contributed by atoms with van der Waals surface area (Å²) in [6, 6.07) is 0. The van der Waals surface area contributed by atoms with Gasteiger partial charge in [0.25, 0.3) is 0 Å². The summed E-state index contributed by atoms with van der Waals surface area (Å²) in [5.41, 5.74) is -0.00299. The van der Waals surface area contributed by atoms with Crippen molar-refractivity contribution in [2.45, 2.75) is 45.3 Å². The molecule has 31 heavy (non-hydrogen) atoms. The highest BCUT2D eigenvalue weighted by Crippen LogP contribution is 2.62. The molecule has 1 unspecified atom stereocenters. The molecule has 8 heteroatoms. The number of ether oxygens (including phenoxy) is 2. The number of hydrogen-bond acceptors (Lipinski definition) is 8. The van der Waals surface area contributed by atoms with Crippen LogP contribution >= 0.6 is 12.6 Å². The van der Waals surface area contributed by atoms with Crippen LogP contribution in [0.2, 0.25) is 0 Å². The lowest BCUT2D eigenvalue weighted by atomic mass is 9.54. The fraction of sp³-hybridized carbons (Fsp3) is 0.609. The van der Waals surface area contributed by atoms with Gasteiger partial charge in [0.15, 0.2) is 5.76 Å². The van der Waals surface area contributed by atoms with Gasteiger partial charge in [-0.1, -0.05) is 6.92 Å². The van der Waals surface area contributed by atoms with Crippen LogP contribution in [0.3, 0.4) is 0 Å². The van der Waals surface area contributed by atoms with Gasteiger partial charge < -0.3 is 25.0 Å². The van der Waals surface area contributed by atoms with Crippen LogP contribution < -0.4 is 5.32 Å². The molecule has 0 amide bonds. The van der Waals surface area contributed by atoms with E-state index in [0.717, 1.165) is 0 Å². The molecule has 2 fully saturated rings. The number of carbonyl (C=O) groups is 2. The van der Waals surface area contributed by atoms with E-state index in [1.165, 1.54) is 13.3 Å². The lowest BCUT2D eigenvalue weighted by molar-refractivity contribution is -0.156. The quantitative estimate of drug-likeness (QED) is 0.221. The van der Waals surface area contributed by atoms with Gasteiger partial charge in [0.05, 0.1) is 23.7 Å². The Labute approximate surface area is 188 Å². The van der Waals surface area contributed by atoms with Gasteiger partial charge in [-0.25, -0.2) is 4.79 Å². The summed E-state index contributed by atoms with van der Waals surface area (Å²) in [5.74, 6) is -1.20. The normalized spacial score (nSPS) is 38.7. The minimum Gasteiger partial charge on any atom is -0.504 e. The summed E-state index contributed by atoms with van der Waals surface area (Å²) in [6.07, 6.45) is 5.34. The number of rotatable bonds is 5. The number of esters is 1. The molecule has 0 aromatic carbocycles. The zero-order chi connectivity index (χ0) is 22.6. The van der Waals surface area contributed by atoms with Crippen LogP contribution in [0.4, 0.5) is 0 Å². The van der Waals surface area contributed by atoms with E-state index in [-0.39, 0.29) is 23.7 Å². The summed E-state index contributed by atoms with van der Waals surface area (Å²) in [7, 11) is 1.52. The number of nitrogens with one attached hydrogen (secondary N) is 1. The number of aliphatic hydroxyl groups is 2. The third-order valence-corrected chi connectivity index (χ3v) is 7.71. The van der Waals surface area contributed by atoms with E-state index in [1.807, 2.05) is 13.8 Å². The van der Waals surface area contributed by atoms with Gasteiger partial charge in [-0.15, -0.1) is 0 Å². The third kappa shape index (κ3) is 3.09. The molecular formula is C23H29NO6S. The second-order valence-corrected chi connectivity index (χ2v) is 9.58. The van der Waals surface area contributed by atoms with Gasteiger partial charge in [0.1, 0.15) is 6.10 Å². The van der Waals surface area contributed by atoms with E-state index >= 15 is 0 Å². The van der Waals surface area contributed by atoms with Crippen LogP contribution in [-0.2, 0) is 19.1 Å². The zero-order valence-corrected chi connectivity index (χ0v) is 18.9. The SMILES string of the molecule is COC[C@H]1OC(=O)/C(=C\NCCS)C2=C(O)C(=O)C3=C([C]C[C@@]4(C)C3CC[C@@H]4O)[C@]21C. The van der Waals surface area contributed by atoms with E-state index in [4.69, 9.17) is 9.47 Å². The van der Waals surface area contributed by atoms with Crippen molar-refractivity contribution in [3.05, 3.63) is 40.7 Å². The lowest BCUT2D eigenvalue weighted by Gasteiger charge is -2.51. The maximum atomic E-state index is 13.5. The second kappa shape index (κ2) is 7.98. The predicted octanol–water partition coefficient (Wildman–Crippen LogP) is 1.92. The number of aliphatic hydroxyl groups excluding tert-OH is 2. The highest BCUT2D eigenvalue weighted by Gasteiger charge is 2.61. The number of thiol groups is 1. The number of fused-ring (bicyclic) bond motifs is 4. The van der Waals surface area contributed by atoms with Crippen LogP contribution in [0.15, 0.2) is 34.3 Å². The van der Waals surface area contributed by atoms with Crippen molar-refractivity contribution in [1.29, 1.82) is 0 Å². The van der Waals surface area contributed by atoms with Gasteiger partial charge in [-0.2, -0.15) is 12.6 Å². The molecule has 0 spiro atoms. The Hall–Kier alpha value is -1.77. The highest BCUT2D eigenvalue weighted by molar-refractivity contribution is 7.80. The topological polar surface area (TPSA) is 105 Å². The fourth-order valence-corrected chi connectivity index (χ4v) is 5.82. The molecule has 0 aromatic heterocycles. The molecule has 168 valence electrons. The Morgan fingerprint density at radius 3 is 2.77 bits per heavy atom. The molecule has 1 aliphatic heterocycles. The van der Waals surface area contributed by atoms with Crippen LogP contribution in [0.5, 0.6) is 0 Å². The molecular weight excluding hydrogens is 418 g/mol. The van der Waals surface area contributed by atoms with E-state index in [0.29, 0.717) is 42.7 Å². The smallest absolute Gasteiger partial charge is 0.340 e. The zero-order valence-electron chi connectivity index (χ0n) is 18.0. The lowest BCUT2D eigenvalue weighted by Crippen LogP contribution is -2.53. The largest absolute Gasteiger partial charge is 0.504 e. The van der Waals surface area contributed by atoms with Crippen molar-refractivity contribution in [3.63, 3.8) is 0 Å². The molecule has 3 aliphatic carbocycles. The number of methoxy groups -OCH3 is 1. The Balaban J connectivity index is 1.90. The Morgan fingerprint density at radius 1 is 1.35 bits per heavy atom. The summed E-state index contributed by atoms with van der Waals surface area (Å²) in [6.45, 7) is 4.44. The molecule has 1 saturated carbocycles. The van der Waals surface area contributed by atoms with Gasteiger partial charge in [-0.05, 0) is 37.7 Å². The minimum atomic E-state index is -0.999. The molecule has 0 bridgehead atoms. The minimum absolute atomic E-state index is 0.105. The molecule has 5 atom stereocenters. The van der Waals surface area contributed by atoms with E-state index in [9.17, 15) is 19.8 Å². The van der Waals surface area contributed by atoms with Crippen molar-refractivity contribution < 1.29 is 29.3 Å². The van der Waals surface area contributed by atoms with Crippen molar-refractivity contribution in [2.24, 2.45) is 16.7 Å². The number of hydrogen-bond donors (Lipinski definition) is 4. The Bertz CT molecular complexity index is 908. The first kappa shape index (κ1) is 22.4. The Morgan fingerprint density at radius 2 is 2.10 bits per heavy atom. The van der Waals surface area contributed by atoms with Crippen molar-refractivity contribution in [3.8, 4) is 0 Å². The molecule has 3 N–H and O–H groups in total. The van der Waals surface area contributed by atoms with Crippen molar-refractivity contribution >= 4 is 24.4 Å². The average Bonchev–Trinajstić information content (AvgIpc) is 3.04.